The molecule has 1 N–H and O–H groups in total. The quantitative estimate of drug-likeness (QED) is 0.497. The van der Waals surface area contributed by atoms with E-state index in [4.69, 9.17) is 11.6 Å². The first-order valence-corrected chi connectivity index (χ1v) is 10.3. The van der Waals surface area contributed by atoms with Gasteiger partial charge in [-0.3, -0.25) is 14.2 Å². The van der Waals surface area contributed by atoms with Gasteiger partial charge in [0.2, 0.25) is 5.91 Å². The molecule has 10 heteroatoms. The van der Waals surface area contributed by atoms with E-state index in [0.29, 0.717) is 11.1 Å². The zero-order valence-corrected chi connectivity index (χ0v) is 17.6. The van der Waals surface area contributed by atoms with Crippen LogP contribution in [0.5, 0.6) is 0 Å². The Hall–Kier alpha value is -3.30. The first kappa shape index (κ1) is 21.0. The maximum absolute atomic E-state index is 13.5. The van der Waals surface area contributed by atoms with Crippen LogP contribution in [-0.4, -0.2) is 15.0 Å². The van der Waals surface area contributed by atoms with Gasteiger partial charge in [0.15, 0.2) is 0 Å². The topological polar surface area (TPSA) is 73.1 Å². The second-order valence-corrected chi connectivity index (χ2v) is 8.08. The summed E-state index contributed by atoms with van der Waals surface area (Å²) >= 11 is 6.86. The normalized spacial score (nSPS) is 11.1. The molecular formula is C21H14ClF2N3O3S. The molecule has 31 heavy (non-hydrogen) atoms. The van der Waals surface area contributed by atoms with Crippen molar-refractivity contribution >= 4 is 44.7 Å². The smallest absolute Gasteiger partial charge is 0.324 e. The molecule has 2 aromatic heterocycles. The molecule has 0 fully saturated rings. The molecule has 2 aromatic carbocycles. The van der Waals surface area contributed by atoms with Gasteiger partial charge < -0.3 is 5.32 Å². The third-order valence-corrected chi connectivity index (χ3v) is 5.84. The van der Waals surface area contributed by atoms with Gasteiger partial charge in [0.1, 0.15) is 22.9 Å². The molecule has 0 bridgehead atoms. The Balaban J connectivity index is 1.80. The van der Waals surface area contributed by atoms with E-state index in [9.17, 15) is 23.2 Å². The standard InChI is InChI=1S/C21H14ClF2N3O3S/c1-11-8-12(23)2-5-16(11)27-20(29)19-17(6-7-31-19)26(21(27)30)10-18(28)25-13-3-4-15(24)14(22)9-13/h2-9H,10H2,1H3,(H,25,28). The molecule has 4 aromatic rings. The van der Waals surface area contributed by atoms with E-state index in [-0.39, 0.29) is 21.1 Å². The molecule has 6 nitrogen and oxygen atoms in total. The Labute approximate surface area is 182 Å². The Morgan fingerprint density at radius 2 is 1.90 bits per heavy atom. The van der Waals surface area contributed by atoms with Crippen molar-refractivity contribution in [1.82, 2.24) is 9.13 Å². The minimum absolute atomic E-state index is 0.157. The SMILES string of the molecule is Cc1cc(F)ccc1-n1c(=O)c2sccc2n(CC(=O)Nc2ccc(F)c(Cl)c2)c1=O. The second kappa shape index (κ2) is 8.09. The minimum atomic E-state index is -0.738. The van der Waals surface area contributed by atoms with E-state index in [2.05, 4.69) is 5.32 Å². The van der Waals surface area contributed by atoms with Crippen molar-refractivity contribution in [3.63, 3.8) is 0 Å². The van der Waals surface area contributed by atoms with Gasteiger partial charge in [-0.25, -0.2) is 18.1 Å². The number of carbonyl (C=O) groups excluding carboxylic acids is 1. The van der Waals surface area contributed by atoms with Crippen molar-refractivity contribution in [3.8, 4) is 5.69 Å². The van der Waals surface area contributed by atoms with E-state index < -0.39 is 35.3 Å². The van der Waals surface area contributed by atoms with Crippen molar-refractivity contribution < 1.29 is 13.6 Å². The minimum Gasteiger partial charge on any atom is -0.324 e. The number of halogens is 3. The van der Waals surface area contributed by atoms with Crippen LogP contribution in [0.2, 0.25) is 5.02 Å². The lowest BCUT2D eigenvalue weighted by atomic mass is 10.2. The fourth-order valence-electron chi connectivity index (χ4n) is 3.24. The number of aryl methyl sites for hydroxylation is 1. The molecule has 0 saturated heterocycles. The summed E-state index contributed by atoms with van der Waals surface area (Å²) in [6.07, 6.45) is 0. The van der Waals surface area contributed by atoms with Crippen LogP contribution in [0.4, 0.5) is 14.5 Å². The molecule has 0 unspecified atom stereocenters. The third kappa shape index (κ3) is 3.89. The summed E-state index contributed by atoms with van der Waals surface area (Å²) in [6.45, 7) is 1.18. The third-order valence-electron chi connectivity index (χ3n) is 4.66. The number of amides is 1. The average molecular weight is 462 g/mol. The summed E-state index contributed by atoms with van der Waals surface area (Å²) in [5, 5.41) is 4.04. The van der Waals surface area contributed by atoms with Gasteiger partial charge in [0, 0.05) is 5.69 Å². The van der Waals surface area contributed by atoms with Gasteiger partial charge in [-0.05, 0) is 60.3 Å². The molecule has 1 amide bonds. The van der Waals surface area contributed by atoms with Crippen molar-refractivity contribution in [1.29, 1.82) is 0 Å². The molecule has 0 radical (unpaired) electrons. The number of benzene rings is 2. The second-order valence-electron chi connectivity index (χ2n) is 6.75. The zero-order valence-electron chi connectivity index (χ0n) is 16.0. The number of anilines is 1. The summed E-state index contributed by atoms with van der Waals surface area (Å²) in [5.74, 6) is -1.69. The average Bonchev–Trinajstić information content (AvgIpc) is 3.20. The summed E-state index contributed by atoms with van der Waals surface area (Å²) < 4.78 is 29.2. The van der Waals surface area contributed by atoms with Gasteiger partial charge in [0.25, 0.3) is 5.56 Å². The van der Waals surface area contributed by atoms with Gasteiger partial charge in [0.05, 0.1) is 16.2 Å². The molecule has 0 aliphatic carbocycles. The maximum atomic E-state index is 13.5. The van der Waals surface area contributed by atoms with Crippen LogP contribution in [-0.2, 0) is 11.3 Å². The molecule has 2 heterocycles. The van der Waals surface area contributed by atoms with Crippen molar-refractivity contribution in [2.45, 2.75) is 13.5 Å². The fraction of sp³-hybridized carbons (Fsp3) is 0.0952. The highest BCUT2D eigenvalue weighted by atomic mass is 35.5. The Morgan fingerprint density at radius 1 is 1.13 bits per heavy atom. The van der Waals surface area contributed by atoms with Crippen LogP contribution < -0.4 is 16.6 Å². The lowest BCUT2D eigenvalue weighted by Crippen LogP contribution is -2.40. The highest BCUT2D eigenvalue weighted by molar-refractivity contribution is 7.17. The molecule has 0 aliphatic rings. The summed E-state index contributed by atoms with van der Waals surface area (Å²) in [7, 11) is 0. The molecule has 0 atom stereocenters. The zero-order chi connectivity index (χ0) is 22.3. The van der Waals surface area contributed by atoms with Crippen LogP contribution in [0.25, 0.3) is 15.9 Å². The molecule has 0 aliphatic heterocycles. The Morgan fingerprint density at radius 3 is 2.61 bits per heavy atom. The van der Waals surface area contributed by atoms with Crippen LogP contribution in [0.1, 0.15) is 5.56 Å². The Kier molecular flexibility index (Phi) is 5.47. The van der Waals surface area contributed by atoms with E-state index in [1.807, 2.05) is 0 Å². The number of fused-ring (bicyclic) bond motifs is 1. The number of nitrogens with one attached hydrogen (secondary N) is 1. The summed E-state index contributed by atoms with van der Waals surface area (Å²) in [6, 6.07) is 8.99. The number of hydrogen-bond acceptors (Lipinski definition) is 4. The van der Waals surface area contributed by atoms with E-state index in [1.54, 1.807) is 18.4 Å². The van der Waals surface area contributed by atoms with Crippen molar-refractivity contribution in [2.24, 2.45) is 0 Å². The van der Waals surface area contributed by atoms with Crippen LogP contribution in [0, 0.1) is 18.6 Å². The van der Waals surface area contributed by atoms with Crippen molar-refractivity contribution in [2.75, 3.05) is 5.32 Å². The maximum Gasteiger partial charge on any atom is 0.336 e. The van der Waals surface area contributed by atoms with Gasteiger partial charge >= 0.3 is 5.69 Å². The predicted octanol–water partition coefficient (Wildman–Crippen LogP) is 4.09. The molecular weight excluding hydrogens is 448 g/mol. The van der Waals surface area contributed by atoms with E-state index in [0.717, 1.165) is 32.6 Å². The van der Waals surface area contributed by atoms with Crippen LogP contribution in [0.15, 0.2) is 57.4 Å². The molecule has 4 rings (SSSR count). The van der Waals surface area contributed by atoms with E-state index >= 15 is 0 Å². The number of rotatable bonds is 4. The monoisotopic (exact) mass is 461 g/mol. The molecule has 0 spiro atoms. The first-order chi connectivity index (χ1) is 14.8. The number of aromatic nitrogens is 2. The van der Waals surface area contributed by atoms with Gasteiger partial charge in [-0.2, -0.15) is 0 Å². The van der Waals surface area contributed by atoms with E-state index in [1.165, 1.54) is 24.3 Å². The van der Waals surface area contributed by atoms with Crippen LogP contribution >= 0.6 is 22.9 Å². The number of thiophene rings is 1. The Bertz CT molecular complexity index is 1460. The lowest BCUT2D eigenvalue weighted by Gasteiger charge is -2.14. The number of carbonyl (C=O) groups is 1. The summed E-state index contributed by atoms with van der Waals surface area (Å²) in [4.78, 5) is 38.8. The van der Waals surface area contributed by atoms with Crippen molar-refractivity contribution in [3.05, 3.63) is 90.9 Å². The fourth-order valence-corrected chi connectivity index (χ4v) is 4.24. The number of nitrogens with zero attached hydrogens (tertiary/aromatic N) is 2. The summed E-state index contributed by atoms with van der Waals surface area (Å²) in [5.41, 5.74) is -0.0974. The first-order valence-electron chi connectivity index (χ1n) is 9.01. The lowest BCUT2D eigenvalue weighted by molar-refractivity contribution is -0.116. The number of hydrogen-bond donors (Lipinski definition) is 1. The van der Waals surface area contributed by atoms with Crippen LogP contribution in [0.3, 0.4) is 0 Å². The molecule has 158 valence electrons. The highest BCUT2D eigenvalue weighted by Gasteiger charge is 2.19. The molecule has 0 saturated carbocycles. The largest absolute Gasteiger partial charge is 0.336 e. The van der Waals surface area contributed by atoms with Gasteiger partial charge in [-0.1, -0.05) is 11.6 Å². The van der Waals surface area contributed by atoms with Gasteiger partial charge in [-0.15, -0.1) is 11.3 Å². The highest BCUT2D eigenvalue weighted by Crippen LogP contribution is 2.20. The predicted molar refractivity (Wildman–Crippen MR) is 116 cm³/mol.